The van der Waals surface area contributed by atoms with Gasteiger partial charge in [-0.25, -0.2) is 9.37 Å². The van der Waals surface area contributed by atoms with Gasteiger partial charge in [0.2, 0.25) is 18.7 Å². The number of aromatic nitrogens is 1. The molecule has 13 heteroatoms. The van der Waals surface area contributed by atoms with Gasteiger partial charge in [0.15, 0.2) is 5.79 Å². The minimum atomic E-state index is -1.88. The molecule has 1 saturated heterocycles. The van der Waals surface area contributed by atoms with Crippen LogP contribution in [0.5, 0.6) is 5.75 Å². The largest absolute Gasteiger partial charge is 0.493 e. The molecule has 3 amide bonds. The van der Waals surface area contributed by atoms with Gasteiger partial charge in [-0.1, -0.05) is 52.2 Å². The zero-order valence-electron chi connectivity index (χ0n) is 31.2. The van der Waals surface area contributed by atoms with Crippen LogP contribution in [-0.4, -0.2) is 92.3 Å². The molecule has 2 aliphatic rings. The molecule has 1 saturated carbocycles. The predicted octanol–water partition coefficient (Wildman–Crippen LogP) is 6.39. The Morgan fingerprint density at radius 1 is 1.10 bits per heavy atom. The summed E-state index contributed by atoms with van der Waals surface area (Å²) in [6.07, 6.45) is 4.53. The Hall–Kier alpha value is -3.58. The molecular weight excluding hydrogens is 676 g/mol. The van der Waals surface area contributed by atoms with Gasteiger partial charge in [-0.15, -0.1) is 11.3 Å². The van der Waals surface area contributed by atoms with Crippen molar-refractivity contribution in [1.29, 1.82) is 0 Å². The molecule has 51 heavy (non-hydrogen) atoms. The molecule has 2 fully saturated rings. The number of aliphatic hydroxyl groups is 1. The Balaban J connectivity index is 1.47. The quantitative estimate of drug-likeness (QED) is 0.0809. The fourth-order valence-electron chi connectivity index (χ4n) is 6.58. The fraction of sp³-hybridized carbons (Fsp3) is 0.658. The second-order valence-corrected chi connectivity index (χ2v) is 16.7. The fourth-order valence-corrected chi connectivity index (χ4v) is 7.39. The Morgan fingerprint density at radius 3 is 2.37 bits per heavy atom. The van der Waals surface area contributed by atoms with Crippen molar-refractivity contribution >= 4 is 36.0 Å². The second-order valence-electron chi connectivity index (χ2n) is 15.9. The zero-order valence-corrected chi connectivity index (χ0v) is 32.0. The van der Waals surface area contributed by atoms with Gasteiger partial charge in [0.25, 0.3) is 0 Å². The average molecular weight is 731 g/mol. The normalized spacial score (nSPS) is 19.0. The maximum absolute atomic E-state index is 15.3. The van der Waals surface area contributed by atoms with Crippen molar-refractivity contribution in [1.82, 2.24) is 19.7 Å². The number of carbonyl (C=O) groups excluding carboxylic acids is 4. The second kappa shape index (κ2) is 16.8. The number of benzene rings is 1. The summed E-state index contributed by atoms with van der Waals surface area (Å²) >= 11 is 1.53. The summed E-state index contributed by atoms with van der Waals surface area (Å²) in [6.45, 7) is 13.3. The van der Waals surface area contributed by atoms with Crippen molar-refractivity contribution in [2.24, 2.45) is 5.41 Å². The number of aryl methyl sites for hydroxylation is 1. The average Bonchev–Trinajstić information content (AvgIpc) is 3.44. The highest BCUT2D eigenvalue weighted by Crippen LogP contribution is 2.46. The summed E-state index contributed by atoms with van der Waals surface area (Å²) in [5.41, 5.74) is 3.05. The number of ether oxygens (including phenoxy) is 2. The number of hydrogen-bond acceptors (Lipinski definition) is 9. The molecule has 1 aromatic heterocycles. The summed E-state index contributed by atoms with van der Waals surface area (Å²) < 4.78 is 27.1. The maximum atomic E-state index is 15.3. The smallest absolute Gasteiger partial charge is 0.306 e. The topological polar surface area (TPSA) is 130 Å². The molecule has 3 atom stereocenters. The van der Waals surface area contributed by atoms with E-state index in [1.165, 1.54) is 21.1 Å². The lowest BCUT2D eigenvalue weighted by Gasteiger charge is -2.43. The molecule has 2 heterocycles. The summed E-state index contributed by atoms with van der Waals surface area (Å²) in [5.74, 6) is -1.97. The molecule has 282 valence electrons. The molecule has 2 aromatic rings. The SMILES string of the molecule is Cc1ncsc1-c1ccc(CN(C=O)[C@@H]2C[C@@H](O)CN2C(=O)[C@@H](N(C=O)C2(F)CC2)C(C)(C)C)c(OCCCCCCCC(=O)OC(C)(C)C)c1. The maximum Gasteiger partial charge on any atom is 0.306 e. The van der Waals surface area contributed by atoms with Crippen molar-refractivity contribution in [3.8, 4) is 16.2 Å². The van der Waals surface area contributed by atoms with Gasteiger partial charge in [-0.3, -0.25) is 24.1 Å². The number of alkyl halides is 1. The molecule has 4 rings (SSSR count). The van der Waals surface area contributed by atoms with Crippen LogP contribution in [0.3, 0.4) is 0 Å². The summed E-state index contributed by atoms with van der Waals surface area (Å²) in [5, 5.41) is 10.8. The van der Waals surface area contributed by atoms with Crippen molar-refractivity contribution in [3.63, 3.8) is 0 Å². The minimum Gasteiger partial charge on any atom is -0.493 e. The van der Waals surface area contributed by atoms with Crippen molar-refractivity contribution in [2.45, 2.75) is 143 Å². The third-order valence-electron chi connectivity index (χ3n) is 9.25. The highest BCUT2D eigenvalue weighted by atomic mass is 32.1. The molecule has 0 unspecified atom stereocenters. The Bertz CT molecular complexity index is 1520. The van der Waals surface area contributed by atoms with Gasteiger partial charge in [-0.2, -0.15) is 0 Å². The van der Waals surface area contributed by atoms with E-state index in [-0.39, 0.29) is 38.3 Å². The van der Waals surface area contributed by atoms with E-state index in [1.54, 1.807) is 26.3 Å². The van der Waals surface area contributed by atoms with E-state index in [4.69, 9.17) is 9.47 Å². The van der Waals surface area contributed by atoms with Crippen LogP contribution in [0.1, 0.15) is 111 Å². The number of thiazole rings is 1. The van der Waals surface area contributed by atoms with Gasteiger partial charge in [0, 0.05) is 37.8 Å². The van der Waals surface area contributed by atoms with E-state index in [2.05, 4.69) is 4.98 Å². The van der Waals surface area contributed by atoms with Gasteiger partial charge in [-0.05, 0) is 57.6 Å². The summed E-state index contributed by atoms with van der Waals surface area (Å²) in [4.78, 5) is 60.3. The number of aliphatic hydroxyl groups excluding tert-OH is 1. The lowest BCUT2D eigenvalue weighted by molar-refractivity contribution is -0.157. The molecule has 1 aliphatic heterocycles. The van der Waals surface area contributed by atoms with Crippen LogP contribution < -0.4 is 4.74 Å². The number of β-amino-alcohol motifs (C(OH)–C–C–N with tert-alkyl or cyclic N) is 1. The number of likely N-dealkylation sites (tertiary alicyclic amines) is 1. The Morgan fingerprint density at radius 2 is 1.78 bits per heavy atom. The standard InChI is InChI=1S/C38H55FN4O7S/c1-26-33(51-23-40-26)27-14-15-28(30(19-27)49-18-12-10-8-9-11-13-32(47)50-37(5,6)7)21-41(24-44)31-20-29(46)22-42(31)35(48)34(36(2,3)4)43(25-45)38(39)16-17-38/h14-15,19,23-25,29,31,34,46H,8-13,16-18,20-22H2,1-7H3/t29-,31+,34-/m1/s1. The zero-order chi connectivity index (χ0) is 37.6. The lowest BCUT2D eigenvalue weighted by atomic mass is 9.84. The van der Waals surface area contributed by atoms with Gasteiger partial charge >= 0.3 is 5.97 Å². The molecule has 11 nitrogen and oxygen atoms in total. The highest BCUT2D eigenvalue weighted by molar-refractivity contribution is 7.13. The first-order valence-electron chi connectivity index (χ1n) is 18.0. The van der Waals surface area contributed by atoms with Crippen LogP contribution in [0.15, 0.2) is 23.7 Å². The minimum absolute atomic E-state index is 0.0445. The van der Waals surface area contributed by atoms with E-state index in [9.17, 15) is 24.3 Å². The third-order valence-corrected chi connectivity index (χ3v) is 10.2. The number of unbranched alkanes of at least 4 members (excludes halogenated alkanes) is 4. The van der Waals surface area contributed by atoms with E-state index < -0.39 is 41.0 Å². The molecular formula is C38H55FN4O7S. The van der Waals surface area contributed by atoms with Crippen molar-refractivity contribution in [3.05, 3.63) is 35.0 Å². The van der Waals surface area contributed by atoms with Gasteiger partial charge in [0.05, 0.1) is 35.3 Å². The first-order valence-corrected chi connectivity index (χ1v) is 18.9. The van der Waals surface area contributed by atoms with Crippen LogP contribution in [0.4, 0.5) is 4.39 Å². The Labute approximate surface area is 305 Å². The Kier molecular flexibility index (Phi) is 13.3. The number of nitrogens with zero attached hydrogens (tertiary/aromatic N) is 4. The number of carbonyl (C=O) groups is 4. The lowest BCUT2D eigenvalue weighted by Crippen LogP contribution is -2.60. The van der Waals surface area contributed by atoms with Crippen LogP contribution in [-0.2, 0) is 30.5 Å². The number of amides is 3. The molecule has 0 bridgehead atoms. The predicted molar refractivity (Wildman–Crippen MR) is 193 cm³/mol. The number of rotatable bonds is 18. The number of esters is 1. The molecule has 1 aromatic carbocycles. The van der Waals surface area contributed by atoms with Crippen LogP contribution >= 0.6 is 11.3 Å². The highest BCUT2D eigenvalue weighted by Gasteiger charge is 2.56. The first kappa shape index (κ1) is 40.2. The van der Waals surface area contributed by atoms with Crippen LogP contribution in [0.25, 0.3) is 10.4 Å². The summed E-state index contributed by atoms with van der Waals surface area (Å²) in [7, 11) is 0. The van der Waals surface area contributed by atoms with E-state index in [0.717, 1.165) is 58.7 Å². The van der Waals surface area contributed by atoms with Crippen molar-refractivity contribution < 1.29 is 38.1 Å². The monoisotopic (exact) mass is 730 g/mol. The molecule has 1 N–H and O–H groups in total. The summed E-state index contributed by atoms with van der Waals surface area (Å²) in [6, 6.07) is 4.68. The first-order chi connectivity index (χ1) is 24.0. The number of halogens is 1. The van der Waals surface area contributed by atoms with Crippen LogP contribution in [0.2, 0.25) is 0 Å². The van der Waals surface area contributed by atoms with Gasteiger partial charge in [0.1, 0.15) is 23.6 Å². The molecule has 0 spiro atoms. The molecule has 1 aliphatic carbocycles. The van der Waals surface area contributed by atoms with Crippen LogP contribution in [0, 0.1) is 12.3 Å². The van der Waals surface area contributed by atoms with E-state index >= 15 is 4.39 Å². The van der Waals surface area contributed by atoms with Gasteiger partial charge < -0.3 is 24.4 Å². The molecule has 0 radical (unpaired) electrons. The van der Waals surface area contributed by atoms with Crippen molar-refractivity contribution in [2.75, 3.05) is 13.2 Å². The number of hydrogen-bond donors (Lipinski definition) is 1. The van der Waals surface area contributed by atoms with E-state index in [0.29, 0.717) is 31.6 Å². The van der Waals surface area contributed by atoms with E-state index in [1.807, 2.05) is 45.9 Å². The third kappa shape index (κ3) is 10.7.